The molecule has 5 nitrogen and oxygen atoms in total. The highest BCUT2D eigenvalue weighted by molar-refractivity contribution is 9.10. The quantitative estimate of drug-likeness (QED) is 0.895. The SMILES string of the molecule is Cc1ccc(Br)c(S(=O)(=O)N2CCCC(C(=O)O)C2)c1. The molecule has 1 aromatic carbocycles. The van der Waals surface area contributed by atoms with Crippen LogP contribution >= 0.6 is 15.9 Å². The van der Waals surface area contributed by atoms with Crippen LogP contribution in [0.2, 0.25) is 0 Å². The number of carboxylic acid groups (broad SMARTS) is 1. The van der Waals surface area contributed by atoms with Gasteiger partial charge in [-0.2, -0.15) is 4.31 Å². The van der Waals surface area contributed by atoms with E-state index in [-0.39, 0.29) is 11.4 Å². The summed E-state index contributed by atoms with van der Waals surface area (Å²) < 4.78 is 27.0. The summed E-state index contributed by atoms with van der Waals surface area (Å²) in [6.45, 7) is 2.23. The van der Waals surface area contributed by atoms with Crippen LogP contribution in [0, 0.1) is 12.8 Å². The zero-order chi connectivity index (χ0) is 14.9. The van der Waals surface area contributed by atoms with E-state index in [0.29, 0.717) is 23.9 Å². The van der Waals surface area contributed by atoms with Gasteiger partial charge in [0.05, 0.1) is 10.8 Å². The second-order valence-corrected chi connectivity index (χ2v) is 7.74. The average Bonchev–Trinajstić information content (AvgIpc) is 2.41. The summed E-state index contributed by atoms with van der Waals surface area (Å²) in [4.78, 5) is 11.3. The summed E-state index contributed by atoms with van der Waals surface area (Å²) in [5.74, 6) is -1.56. The Hall–Kier alpha value is -0.920. The van der Waals surface area contributed by atoms with Crippen LogP contribution in [-0.4, -0.2) is 36.9 Å². The highest BCUT2D eigenvalue weighted by Crippen LogP contribution is 2.29. The van der Waals surface area contributed by atoms with Crippen LogP contribution in [-0.2, 0) is 14.8 Å². The number of piperidine rings is 1. The fourth-order valence-electron chi connectivity index (χ4n) is 2.31. The van der Waals surface area contributed by atoms with Crippen molar-refractivity contribution in [2.45, 2.75) is 24.7 Å². The van der Waals surface area contributed by atoms with Gasteiger partial charge < -0.3 is 5.11 Å². The highest BCUT2D eigenvalue weighted by atomic mass is 79.9. The first-order chi connectivity index (χ1) is 9.32. The summed E-state index contributed by atoms with van der Waals surface area (Å²) in [5.41, 5.74) is 0.846. The molecule has 0 aromatic heterocycles. The fraction of sp³-hybridized carbons (Fsp3) is 0.462. The van der Waals surface area contributed by atoms with E-state index in [0.717, 1.165) is 5.56 Å². The number of halogens is 1. The van der Waals surface area contributed by atoms with Gasteiger partial charge in [-0.15, -0.1) is 0 Å². The molecule has 1 N–H and O–H groups in total. The van der Waals surface area contributed by atoms with Crippen molar-refractivity contribution in [2.75, 3.05) is 13.1 Å². The first kappa shape index (κ1) is 15.5. The van der Waals surface area contributed by atoms with Crippen LogP contribution in [0.25, 0.3) is 0 Å². The van der Waals surface area contributed by atoms with Crippen LogP contribution < -0.4 is 0 Å². The third kappa shape index (κ3) is 3.05. The number of aliphatic carboxylic acids is 1. The molecule has 1 atom stereocenters. The van der Waals surface area contributed by atoms with Crippen LogP contribution in [0.5, 0.6) is 0 Å². The van der Waals surface area contributed by atoms with Crippen molar-refractivity contribution < 1.29 is 18.3 Å². The standard InChI is InChI=1S/C13H16BrNO4S/c1-9-4-5-11(14)12(7-9)20(18,19)15-6-2-3-10(8-15)13(16)17/h4-5,7,10H,2-3,6,8H2,1H3,(H,16,17). The second kappa shape index (κ2) is 5.83. The third-order valence-corrected chi connectivity index (χ3v) is 6.30. The first-order valence-electron chi connectivity index (χ1n) is 6.31. The summed E-state index contributed by atoms with van der Waals surface area (Å²) in [6.07, 6.45) is 1.09. The number of rotatable bonds is 3. The Bertz CT molecular complexity index is 629. The Balaban J connectivity index is 2.35. The summed E-state index contributed by atoms with van der Waals surface area (Å²) in [6, 6.07) is 5.12. The lowest BCUT2D eigenvalue weighted by atomic mass is 10.0. The monoisotopic (exact) mass is 361 g/mol. The molecule has 0 radical (unpaired) electrons. The molecule has 1 aromatic rings. The maximum atomic E-state index is 12.6. The molecule has 1 unspecified atom stereocenters. The van der Waals surface area contributed by atoms with Gasteiger partial charge in [0.25, 0.3) is 0 Å². The molecule has 1 fully saturated rings. The Morgan fingerprint density at radius 3 is 2.80 bits per heavy atom. The van der Waals surface area contributed by atoms with Gasteiger partial charge in [0.15, 0.2) is 0 Å². The minimum atomic E-state index is -3.66. The van der Waals surface area contributed by atoms with Crippen LogP contribution in [0.1, 0.15) is 18.4 Å². The van der Waals surface area contributed by atoms with Crippen molar-refractivity contribution >= 4 is 31.9 Å². The molecule has 0 bridgehead atoms. The number of aryl methyl sites for hydroxylation is 1. The van der Waals surface area contributed by atoms with E-state index >= 15 is 0 Å². The molecule has 1 aliphatic rings. The van der Waals surface area contributed by atoms with E-state index in [1.165, 1.54) is 4.31 Å². The predicted molar refractivity (Wildman–Crippen MR) is 78.0 cm³/mol. The van der Waals surface area contributed by atoms with Crippen molar-refractivity contribution in [3.05, 3.63) is 28.2 Å². The molecule has 1 aliphatic heterocycles. The van der Waals surface area contributed by atoms with E-state index in [9.17, 15) is 13.2 Å². The topological polar surface area (TPSA) is 74.7 Å². The second-order valence-electron chi connectivity index (χ2n) is 4.97. The maximum absolute atomic E-state index is 12.6. The number of carboxylic acids is 1. The fourth-order valence-corrected chi connectivity index (χ4v) is 4.84. The van der Waals surface area contributed by atoms with E-state index in [2.05, 4.69) is 15.9 Å². The number of carbonyl (C=O) groups is 1. The van der Waals surface area contributed by atoms with Crippen molar-refractivity contribution in [3.63, 3.8) is 0 Å². The van der Waals surface area contributed by atoms with Gasteiger partial charge in [0, 0.05) is 17.6 Å². The Morgan fingerprint density at radius 1 is 1.45 bits per heavy atom. The maximum Gasteiger partial charge on any atom is 0.307 e. The Labute approximate surface area is 126 Å². The minimum Gasteiger partial charge on any atom is -0.481 e. The van der Waals surface area contributed by atoms with Gasteiger partial charge in [-0.05, 0) is 53.4 Å². The van der Waals surface area contributed by atoms with Crippen molar-refractivity contribution in [1.29, 1.82) is 0 Å². The van der Waals surface area contributed by atoms with Crippen molar-refractivity contribution in [3.8, 4) is 0 Å². The Morgan fingerprint density at radius 2 is 2.15 bits per heavy atom. The molecule has 2 rings (SSSR count). The summed E-state index contributed by atoms with van der Waals surface area (Å²) in [7, 11) is -3.66. The molecule has 1 saturated heterocycles. The first-order valence-corrected chi connectivity index (χ1v) is 8.55. The molecular weight excluding hydrogens is 346 g/mol. The number of hydrogen-bond donors (Lipinski definition) is 1. The highest BCUT2D eigenvalue weighted by Gasteiger charge is 2.34. The Kier molecular flexibility index (Phi) is 4.51. The normalized spacial score (nSPS) is 20.8. The van der Waals surface area contributed by atoms with Gasteiger partial charge in [0.2, 0.25) is 10.0 Å². The van der Waals surface area contributed by atoms with Gasteiger partial charge in [0.1, 0.15) is 0 Å². The van der Waals surface area contributed by atoms with Gasteiger partial charge in [-0.25, -0.2) is 8.42 Å². The number of nitrogens with zero attached hydrogens (tertiary/aromatic N) is 1. The van der Waals surface area contributed by atoms with Gasteiger partial charge in [-0.3, -0.25) is 4.79 Å². The van der Waals surface area contributed by atoms with E-state index in [4.69, 9.17) is 5.11 Å². The molecular formula is C13H16BrNO4S. The zero-order valence-corrected chi connectivity index (χ0v) is 13.4. The smallest absolute Gasteiger partial charge is 0.307 e. The molecule has 1 heterocycles. The number of benzene rings is 1. The largest absolute Gasteiger partial charge is 0.481 e. The van der Waals surface area contributed by atoms with Crippen LogP contribution in [0.4, 0.5) is 0 Å². The van der Waals surface area contributed by atoms with Gasteiger partial charge in [-0.1, -0.05) is 6.07 Å². The molecule has 7 heteroatoms. The molecule has 0 spiro atoms. The molecule has 0 saturated carbocycles. The molecule has 0 aliphatic carbocycles. The zero-order valence-electron chi connectivity index (χ0n) is 11.0. The summed E-state index contributed by atoms with van der Waals surface area (Å²) in [5, 5.41) is 9.06. The molecule has 110 valence electrons. The van der Waals surface area contributed by atoms with E-state index in [1.807, 2.05) is 13.0 Å². The summed E-state index contributed by atoms with van der Waals surface area (Å²) >= 11 is 3.25. The van der Waals surface area contributed by atoms with Crippen molar-refractivity contribution in [1.82, 2.24) is 4.31 Å². The van der Waals surface area contributed by atoms with Crippen LogP contribution in [0.3, 0.4) is 0 Å². The lowest BCUT2D eigenvalue weighted by Crippen LogP contribution is -2.42. The number of hydrogen-bond acceptors (Lipinski definition) is 3. The van der Waals surface area contributed by atoms with E-state index in [1.54, 1.807) is 12.1 Å². The third-order valence-electron chi connectivity index (χ3n) is 3.44. The number of sulfonamides is 1. The van der Waals surface area contributed by atoms with Crippen molar-refractivity contribution in [2.24, 2.45) is 5.92 Å². The lowest BCUT2D eigenvalue weighted by Gasteiger charge is -2.30. The molecule has 0 amide bonds. The lowest BCUT2D eigenvalue weighted by molar-refractivity contribution is -0.142. The van der Waals surface area contributed by atoms with Gasteiger partial charge >= 0.3 is 5.97 Å². The minimum absolute atomic E-state index is 0.0397. The van der Waals surface area contributed by atoms with Crippen LogP contribution in [0.15, 0.2) is 27.6 Å². The average molecular weight is 362 g/mol. The van der Waals surface area contributed by atoms with E-state index < -0.39 is 21.9 Å². The molecule has 20 heavy (non-hydrogen) atoms. The predicted octanol–water partition coefficient (Wildman–Crippen LogP) is 2.24.